The highest BCUT2D eigenvalue weighted by molar-refractivity contribution is 5.94. The molecule has 4 rings (SSSR count). The Labute approximate surface area is 179 Å². The van der Waals surface area contributed by atoms with Gasteiger partial charge < -0.3 is 24.7 Å². The number of pyridine rings is 1. The van der Waals surface area contributed by atoms with Crippen molar-refractivity contribution in [3.63, 3.8) is 0 Å². The van der Waals surface area contributed by atoms with E-state index in [-0.39, 0.29) is 12.0 Å². The Kier molecular flexibility index (Phi) is 5.57. The third-order valence-corrected chi connectivity index (χ3v) is 5.27. The quantitative estimate of drug-likeness (QED) is 0.693. The van der Waals surface area contributed by atoms with E-state index in [1.165, 1.54) is 0 Å². The normalized spacial score (nSPS) is 14.0. The third kappa shape index (κ3) is 4.20. The number of ether oxygens (including phenoxy) is 1. The number of hydrogen-bond donors (Lipinski definition) is 1. The van der Waals surface area contributed by atoms with Crippen molar-refractivity contribution in [3.05, 3.63) is 60.0 Å². The highest BCUT2D eigenvalue weighted by atomic mass is 16.6. The van der Waals surface area contributed by atoms with Gasteiger partial charge in [-0.2, -0.15) is 0 Å². The van der Waals surface area contributed by atoms with Crippen molar-refractivity contribution in [2.75, 3.05) is 32.8 Å². The maximum Gasteiger partial charge on any atom is 0.409 e. The molecule has 1 aliphatic rings. The maximum atomic E-state index is 12.9. The van der Waals surface area contributed by atoms with Gasteiger partial charge in [-0.15, -0.1) is 0 Å². The van der Waals surface area contributed by atoms with Gasteiger partial charge in [0, 0.05) is 44.1 Å². The Morgan fingerprint density at radius 3 is 2.23 bits per heavy atom. The third-order valence-electron chi connectivity index (χ3n) is 5.27. The molecule has 0 unspecified atom stereocenters. The first-order chi connectivity index (χ1) is 15.0. The molecule has 1 fully saturated rings. The van der Waals surface area contributed by atoms with Crippen molar-refractivity contribution in [1.82, 2.24) is 19.2 Å². The van der Waals surface area contributed by atoms with Crippen LogP contribution in [0.1, 0.15) is 27.8 Å². The molecule has 1 aromatic carbocycles. The number of aromatic nitrogens is 2. The largest absolute Gasteiger partial charge is 0.450 e. The number of carbonyl (C=O) groups is 3. The van der Waals surface area contributed by atoms with Crippen molar-refractivity contribution in [3.8, 4) is 11.1 Å². The molecule has 1 saturated heterocycles. The molecule has 0 radical (unpaired) electrons. The molecule has 0 spiro atoms. The molecule has 9 nitrogen and oxygen atoms in total. The van der Waals surface area contributed by atoms with Crippen molar-refractivity contribution in [2.45, 2.75) is 6.92 Å². The molecule has 0 bridgehead atoms. The van der Waals surface area contributed by atoms with Gasteiger partial charge in [0.15, 0.2) is 0 Å². The molecule has 2 aromatic heterocycles. The number of primary amides is 1. The number of benzene rings is 1. The topological polar surface area (TPSA) is 110 Å². The fourth-order valence-electron chi connectivity index (χ4n) is 3.56. The van der Waals surface area contributed by atoms with E-state index in [0.29, 0.717) is 49.7 Å². The van der Waals surface area contributed by atoms with Gasteiger partial charge >= 0.3 is 6.09 Å². The van der Waals surface area contributed by atoms with Gasteiger partial charge in [-0.1, -0.05) is 12.1 Å². The average molecular weight is 421 g/mol. The predicted molar refractivity (Wildman–Crippen MR) is 114 cm³/mol. The lowest BCUT2D eigenvalue weighted by atomic mass is 10.1. The van der Waals surface area contributed by atoms with Gasteiger partial charge in [0.05, 0.1) is 6.61 Å². The van der Waals surface area contributed by atoms with Crippen LogP contribution in [0.3, 0.4) is 0 Å². The monoisotopic (exact) mass is 421 g/mol. The Morgan fingerprint density at radius 2 is 1.58 bits per heavy atom. The molecule has 9 heteroatoms. The highest BCUT2D eigenvalue weighted by Crippen LogP contribution is 2.21. The zero-order valence-electron chi connectivity index (χ0n) is 17.2. The summed E-state index contributed by atoms with van der Waals surface area (Å²) in [4.78, 5) is 43.7. The summed E-state index contributed by atoms with van der Waals surface area (Å²) < 4.78 is 6.82. The van der Waals surface area contributed by atoms with Crippen molar-refractivity contribution < 1.29 is 19.1 Å². The number of carbonyl (C=O) groups excluding carboxylic acids is 3. The number of nitrogens with zero attached hydrogens (tertiary/aromatic N) is 4. The van der Waals surface area contributed by atoms with Crippen LogP contribution < -0.4 is 5.73 Å². The Balaban J connectivity index is 1.49. The van der Waals surface area contributed by atoms with E-state index in [9.17, 15) is 14.4 Å². The number of nitrogens with two attached hydrogens (primary N) is 1. The number of amides is 3. The zero-order valence-corrected chi connectivity index (χ0v) is 17.2. The van der Waals surface area contributed by atoms with Crippen molar-refractivity contribution in [2.24, 2.45) is 5.73 Å². The molecular formula is C22H23N5O4. The molecule has 0 saturated carbocycles. The van der Waals surface area contributed by atoms with E-state index < -0.39 is 5.91 Å². The minimum absolute atomic E-state index is 0.167. The van der Waals surface area contributed by atoms with E-state index in [2.05, 4.69) is 4.98 Å². The first-order valence-corrected chi connectivity index (χ1v) is 10.1. The second-order valence-electron chi connectivity index (χ2n) is 7.23. The Hall–Kier alpha value is -3.88. The molecule has 0 atom stereocenters. The summed E-state index contributed by atoms with van der Waals surface area (Å²) in [6.07, 6.45) is 3.24. The first-order valence-electron chi connectivity index (χ1n) is 10.1. The molecular weight excluding hydrogens is 398 g/mol. The van der Waals surface area contributed by atoms with Gasteiger partial charge in [0.25, 0.3) is 5.91 Å². The van der Waals surface area contributed by atoms with Crippen LogP contribution in [0, 0.1) is 0 Å². The second kappa shape index (κ2) is 8.47. The summed E-state index contributed by atoms with van der Waals surface area (Å²) >= 11 is 0. The number of fused-ring (bicyclic) bond motifs is 1. The van der Waals surface area contributed by atoms with Crippen LogP contribution in [0.4, 0.5) is 4.79 Å². The smallest absolute Gasteiger partial charge is 0.409 e. The standard InChI is InChI=1S/C22H23N5O4/c1-2-31-22(30)26-11-9-25(10-12-26)21(29)18-14-27-13-17(7-8-19(27)24-18)15-3-5-16(6-4-15)20(23)28/h3-8,13-14H,2,9-12H2,1H3,(H2,23,28). The van der Waals surface area contributed by atoms with Gasteiger partial charge in [-0.25, -0.2) is 9.78 Å². The van der Waals surface area contributed by atoms with Crippen molar-refractivity contribution >= 4 is 23.6 Å². The molecule has 3 aromatic rings. The van der Waals surface area contributed by atoms with Crippen molar-refractivity contribution in [1.29, 1.82) is 0 Å². The molecule has 3 amide bonds. The molecule has 2 N–H and O–H groups in total. The fourth-order valence-corrected chi connectivity index (χ4v) is 3.56. The lowest BCUT2D eigenvalue weighted by Crippen LogP contribution is -2.50. The van der Waals surface area contributed by atoms with E-state index in [0.717, 1.165) is 11.1 Å². The summed E-state index contributed by atoms with van der Waals surface area (Å²) in [5.74, 6) is -0.637. The van der Waals surface area contributed by atoms with E-state index >= 15 is 0 Å². The lowest BCUT2D eigenvalue weighted by molar-refractivity contribution is 0.0566. The summed E-state index contributed by atoms with van der Waals surface area (Å²) in [5, 5.41) is 0. The maximum absolute atomic E-state index is 12.9. The summed E-state index contributed by atoms with van der Waals surface area (Å²) in [5.41, 5.74) is 8.59. The van der Waals surface area contributed by atoms with Crippen LogP contribution in [0.2, 0.25) is 0 Å². The molecule has 0 aliphatic carbocycles. The zero-order chi connectivity index (χ0) is 22.0. The van der Waals surface area contributed by atoms with Gasteiger partial charge in [0.2, 0.25) is 5.91 Å². The summed E-state index contributed by atoms with van der Waals surface area (Å²) in [6.45, 7) is 3.83. The minimum Gasteiger partial charge on any atom is -0.450 e. The van der Waals surface area contributed by atoms with Crippen LogP contribution >= 0.6 is 0 Å². The summed E-state index contributed by atoms with van der Waals surface area (Å²) in [7, 11) is 0. The molecule has 160 valence electrons. The van der Waals surface area contributed by atoms with Crippen LogP contribution in [0.25, 0.3) is 16.8 Å². The number of rotatable bonds is 4. The van der Waals surface area contributed by atoms with Crippen LogP contribution in [0.5, 0.6) is 0 Å². The molecule has 3 heterocycles. The summed E-state index contributed by atoms with van der Waals surface area (Å²) in [6, 6.07) is 10.8. The number of hydrogen-bond acceptors (Lipinski definition) is 5. The second-order valence-corrected chi connectivity index (χ2v) is 7.23. The lowest BCUT2D eigenvalue weighted by Gasteiger charge is -2.33. The minimum atomic E-state index is -0.470. The Morgan fingerprint density at radius 1 is 0.935 bits per heavy atom. The first kappa shape index (κ1) is 20.4. The van der Waals surface area contributed by atoms with Gasteiger partial charge in [0.1, 0.15) is 11.3 Å². The van der Waals surface area contributed by atoms with Gasteiger partial charge in [-0.05, 0) is 42.3 Å². The van der Waals surface area contributed by atoms with E-state index in [4.69, 9.17) is 10.5 Å². The van der Waals surface area contributed by atoms with Crippen LogP contribution in [-0.2, 0) is 4.74 Å². The number of piperazine rings is 1. The fraction of sp³-hybridized carbons (Fsp3) is 0.273. The van der Waals surface area contributed by atoms with Crippen LogP contribution in [-0.4, -0.2) is 69.9 Å². The Bertz CT molecular complexity index is 1130. The average Bonchev–Trinajstić information content (AvgIpc) is 3.22. The van der Waals surface area contributed by atoms with Crippen LogP contribution in [0.15, 0.2) is 48.8 Å². The highest BCUT2D eigenvalue weighted by Gasteiger charge is 2.26. The predicted octanol–water partition coefficient (Wildman–Crippen LogP) is 2.01. The number of imidazole rings is 1. The SMILES string of the molecule is CCOC(=O)N1CCN(C(=O)c2cn3cc(-c4ccc(C(N)=O)cc4)ccc3n2)CC1. The van der Waals surface area contributed by atoms with Gasteiger partial charge in [-0.3, -0.25) is 9.59 Å². The molecule has 1 aliphatic heterocycles. The molecule has 31 heavy (non-hydrogen) atoms. The van der Waals surface area contributed by atoms with E-state index in [1.54, 1.807) is 39.5 Å². The van der Waals surface area contributed by atoms with E-state index in [1.807, 2.05) is 30.5 Å².